The number of benzene rings is 1. The lowest BCUT2D eigenvalue weighted by atomic mass is 10.1. The molecule has 0 fully saturated rings. The number of hydrogen-bond acceptors (Lipinski definition) is 2. The smallest absolute Gasteiger partial charge is 0.262 e. The fourth-order valence-electron chi connectivity index (χ4n) is 1.80. The maximum Gasteiger partial charge on any atom is 0.262 e. The van der Waals surface area contributed by atoms with Crippen LogP contribution in [0.3, 0.4) is 0 Å². The van der Waals surface area contributed by atoms with Gasteiger partial charge in [-0.25, -0.2) is 8.78 Å². The quantitative estimate of drug-likeness (QED) is 0.910. The van der Waals surface area contributed by atoms with Gasteiger partial charge in [0.05, 0.1) is 10.9 Å². The second-order valence-electron chi connectivity index (χ2n) is 4.29. The first-order valence-electron chi connectivity index (χ1n) is 5.79. The molecule has 2 rings (SSSR count). The monoisotopic (exact) mass is 281 g/mol. The van der Waals surface area contributed by atoms with Crippen LogP contribution in [0, 0.1) is 18.6 Å². The highest BCUT2D eigenvalue weighted by Gasteiger charge is 2.17. The second kappa shape index (κ2) is 5.48. The van der Waals surface area contributed by atoms with Crippen molar-refractivity contribution in [2.45, 2.75) is 19.9 Å². The number of halogens is 2. The Balaban J connectivity index is 2.15. The SMILES string of the molecule is Cc1ccsc1C(=O)NC(C)c1ccc(F)cc1F. The molecule has 1 amide bonds. The molecule has 0 saturated carbocycles. The topological polar surface area (TPSA) is 29.1 Å². The molecular weight excluding hydrogens is 268 g/mol. The maximum atomic E-state index is 13.6. The molecule has 0 aliphatic rings. The van der Waals surface area contributed by atoms with Crippen LogP contribution in [-0.4, -0.2) is 5.91 Å². The normalized spacial score (nSPS) is 12.2. The fraction of sp³-hybridized carbons (Fsp3) is 0.214. The zero-order valence-corrected chi connectivity index (χ0v) is 11.4. The van der Waals surface area contributed by atoms with Gasteiger partial charge in [0.1, 0.15) is 11.6 Å². The van der Waals surface area contributed by atoms with E-state index >= 15 is 0 Å². The summed E-state index contributed by atoms with van der Waals surface area (Å²) in [5, 5.41) is 4.54. The standard InChI is InChI=1S/C14H13F2NOS/c1-8-5-6-19-13(8)14(18)17-9(2)11-4-3-10(15)7-12(11)16/h3-7,9H,1-2H3,(H,17,18). The Kier molecular flexibility index (Phi) is 3.95. The predicted octanol–water partition coefficient (Wildman–Crippen LogP) is 3.83. The first kappa shape index (κ1) is 13.7. The van der Waals surface area contributed by atoms with Gasteiger partial charge >= 0.3 is 0 Å². The number of carbonyl (C=O) groups is 1. The van der Waals surface area contributed by atoms with Crippen molar-refractivity contribution in [2.24, 2.45) is 0 Å². The van der Waals surface area contributed by atoms with E-state index in [2.05, 4.69) is 5.32 Å². The van der Waals surface area contributed by atoms with Crippen molar-refractivity contribution in [3.63, 3.8) is 0 Å². The van der Waals surface area contributed by atoms with Gasteiger partial charge in [0.15, 0.2) is 0 Å². The van der Waals surface area contributed by atoms with Crippen molar-refractivity contribution in [3.05, 3.63) is 57.3 Å². The molecule has 0 aliphatic heterocycles. The van der Waals surface area contributed by atoms with Crippen LogP contribution < -0.4 is 5.32 Å². The Morgan fingerprint density at radius 2 is 2.05 bits per heavy atom. The number of hydrogen-bond donors (Lipinski definition) is 1. The average molecular weight is 281 g/mol. The summed E-state index contributed by atoms with van der Waals surface area (Å²) in [4.78, 5) is 12.6. The molecule has 0 radical (unpaired) electrons. The maximum absolute atomic E-state index is 13.6. The minimum atomic E-state index is -0.657. The van der Waals surface area contributed by atoms with E-state index in [9.17, 15) is 13.6 Å². The summed E-state index contributed by atoms with van der Waals surface area (Å²) < 4.78 is 26.4. The molecule has 19 heavy (non-hydrogen) atoms. The number of nitrogens with one attached hydrogen (secondary N) is 1. The number of thiophene rings is 1. The Bertz CT molecular complexity index is 609. The van der Waals surface area contributed by atoms with E-state index in [1.54, 1.807) is 6.92 Å². The third-order valence-corrected chi connectivity index (χ3v) is 3.86. The molecule has 1 aromatic carbocycles. The van der Waals surface area contributed by atoms with E-state index < -0.39 is 17.7 Å². The summed E-state index contributed by atoms with van der Waals surface area (Å²) >= 11 is 1.34. The average Bonchev–Trinajstić information content (AvgIpc) is 2.75. The summed E-state index contributed by atoms with van der Waals surface area (Å²) in [6, 6.07) is 4.67. The third kappa shape index (κ3) is 2.98. The summed E-state index contributed by atoms with van der Waals surface area (Å²) in [5.41, 5.74) is 1.15. The van der Waals surface area contributed by atoms with Crippen molar-refractivity contribution in [1.29, 1.82) is 0 Å². The van der Waals surface area contributed by atoms with Crippen molar-refractivity contribution in [1.82, 2.24) is 5.32 Å². The lowest BCUT2D eigenvalue weighted by Gasteiger charge is -2.15. The van der Waals surface area contributed by atoms with Crippen molar-refractivity contribution >= 4 is 17.2 Å². The largest absolute Gasteiger partial charge is 0.345 e. The van der Waals surface area contributed by atoms with E-state index in [4.69, 9.17) is 0 Å². The lowest BCUT2D eigenvalue weighted by molar-refractivity contribution is 0.0943. The summed E-state index contributed by atoms with van der Waals surface area (Å²) in [6.45, 7) is 3.51. The molecule has 0 bridgehead atoms. The van der Waals surface area contributed by atoms with Gasteiger partial charge in [-0.05, 0) is 36.9 Å². The molecule has 1 N–H and O–H groups in total. The molecule has 1 atom stereocenters. The minimum absolute atomic E-state index is 0.247. The van der Waals surface area contributed by atoms with Gasteiger partial charge in [-0.3, -0.25) is 4.79 Å². The van der Waals surface area contributed by atoms with E-state index in [0.717, 1.165) is 11.6 Å². The highest BCUT2D eigenvalue weighted by atomic mass is 32.1. The first-order valence-corrected chi connectivity index (χ1v) is 6.67. The van der Waals surface area contributed by atoms with Crippen LogP contribution in [0.4, 0.5) is 8.78 Å². The first-order chi connectivity index (χ1) is 8.99. The van der Waals surface area contributed by atoms with Crippen LogP contribution in [0.25, 0.3) is 0 Å². The number of amides is 1. The molecule has 2 nitrogen and oxygen atoms in total. The predicted molar refractivity (Wildman–Crippen MR) is 71.3 cm³/mol. The molecule has 100 valence electrons. The van der Waals surface area contributed by atoms with E-state index in [-0.39, 0.29) is 11.5 Å². The van der Waals surface area contributed by atoms with Crippen molar-refractivity contribution in [2.75, 3.05) is 0 Å². The van der Waals surface area contributed by atoms with E-state index in [1.807, 2.05) is 18.4 Å². The molecule has 2 aromatic rings. The van der Waals surface area contributed by atoms with Crippen LogP contribution in [0.2, 0.25) is 0 Å². The number of rotatable bonds is 3. The molecule has 1 heterocycles. The lowest BCUT2D eigenvalue weighted by Crippen LogP contribution is -2.27. The van der Waals surface area contributed by atoms with Crippen LogP contribution in [-0.2, 0) is 0 Å². The van der Waals surface area contributed by atoms with Gasteiger partial charge in [0.25, 0.3) is 5.91 Å². The van der Waals surface area contributed by atoms with Crippen molar-refractivity contribution in [3.8, 4) is 0 Å². The number of carbonyl (C=O) groups excluding carboxylic acids is 1. The molecule has 1 unspecified atom stereocenters. The molecule has 0 saturated heterocycles. The fourth-order valence-corrected chi connectivity index (χ4v) is 2.63. The Labute approximate surface area is 114 Å². The summed E-state index contributed by atoms with van der Waals surface area (Å²) in [7, 11) is 0. The third-order valence-electron chi connectivity index (χ3n) is 2.84. The van der Waals surface area contributed by atoms with Gasteiger partial charge < -0.3 is 5.32 Å². The van der Waals surface area contributed by atoms with Crippen LogP contribution in [0.1, 0.15) is 33.8 Å². The second-order valence-corrected chi connectivity index (χ2v) is 5.21. The van der Waals surface area contributed by atoms with E-state index in [1.165, 1.54) is 23.5 Å². The van der Waals surface area contributed by atoms with Gasteiger partial charge in [0, 0.05) is 11.6 Å². The molecule has 5 heteroatoms. The highest BCUT2D eigenvalue weighted by molar-refractivity contribution is 7.12. The number of aryl methyl sites for hydroxylation is 1. The van der Waals surface area contributed by atoms with Gasteiger partial charge in [-0.1, -0.05) is 6.07 Å². The highest BCUT2D eigenvalue weighted by Crippen LogP contribution is 2.20. The van der Waals surface area contributed by atoms with Gasteiger partial charge in [-0.2, -0.15) is 0 Å². The Morgan fingerprint density at radius 3 is 2.63 bits per heavy atom. The van der Waals surface area contributed by atoms with Crippen LogP contribution in [0.15, 0.2) is 29.6 Å². The van der Waals surface area contributed by atoms with Gasteiger partial charge in [0.2, 0.25) is 0 Å². The van der Waals surface area contributed by atoms with Crippen molar-refractivity contribution < 1.29 is 13.6 Å². The molecule has 0 aliphatic carbocycles. The van der Waals surface area contributed by atoms with Crippen LogP contribution in [0.5, 0.6) is 0 Å². The van der Waals surface area contributed by atoms with Gasteiger partial charge in [-0.15, -0.1) is 11.3 Å². The molecule has 1 aromatic heterocycles. The minimum Gasteiger partial charge on any atom is -0.345 e. The van der Waals surface area contributed by atoms with Crippen LogP contribution >= 0.6 is 11.3 Å². The molecule has 0 spiro atoms. The summed E-state index contributed by atoms with van der Waals surface area (Å²) in [6.07, 6.45) is 0. The zero-order chi connectivity index (χ0) is 14.0. The summed E-state index contributed by atoms with van der Waals surface area (Å²) in [5.74, 6) is -1.53. The zero-order valence-electron chi connectivity index (χ0n) is 10.5. The Morgan fingerprint density at radius 1 is 1.32 bits per heavy atom. The Hall–Kier alpha value is -1.75. The van der Waals surface area contributed by atoms with E-state index in [0.29, 0.717) is 4.88 Å². The molecular formula is C14H13F2NOS.